The van der Waals surface area contributed by atoms with Crippen LogP contribution >= 0.6 is 12.4 Å². The van der Waals surface area contributed by atoms with E-state index in [1.54, 1.807) is 0 Å². The van der Waals surface area contributed by atoms with Crippen LogP contribution < -0.4 is 5.73 Å². The molecule has 2 N–H and O–H groups in total. The summed E-state index contributed by atoms with van der Waals surface area (Å²) in [6.07, 6.45) is 5.38. The van der Waals surface area contributed by atoms with Crippen molar-refractivity contribution in [3.8, 4) is 0 Å². The molecule has 0 spiro atoms. The molecular weight excluding hydrogens is 194 g/mol. The number of anilines is 1. The van der Waals surface area contributed by atoms with Crippen LogP contribution in [0.15, 0.2) is 18.2 Å². The van der Waals surface area contributed by atoms with E-state index in [1.807, 2.05) is 0 Å². The van der Waals surface area contributed by atoms with E-state index < -0.39 is 0 Å². The lowest BCUT2D eigenvalue weighted by molar-refractivity contribution is 1.08. The van der Waals surface area contributed by atoms with E-state index in [4.69, 9.17) is 5.73 Å². The second kappa shape index (κ2) is 3.47. The topological polar surface area (TPSA) is 26.0 Å². The molecule has 2 heteroatoms. The zero-order valence-corrected chi connectivity index (χ0v) is 9.02. The summed E-state index contributed by atoms with van der Waals surface area (Å²) < 4.78 is 0. The minimum Gasteiger partial charge on any atom is -0.398 e. The summed E-state index contributed by atoms with van der Waals surface area (Å²) >= 11 is 0. The van der Waals surface area contributed by atoms with Crippen LogP contribution in [0.2, 0.25) is 0 Å². The molecule has 2 aliphatic carbocycles. The quantitative estimate of drug-likeness (QED) is 0.742. The van der Waals surface area contributed by atoms with E-state index in [0.717, 1.165) is 17.5 Å². The molecule has 0 bridgehead atoms. The van der Waals surface area contributed by atoms with Crippen molar-refractivity contribution in [3.05, 3.63) is 29.3 Å². The Morgan fingerprint density at radius 2 is 1.36 bits per heavy atom. The molecule has 2 aliphatic rings. The molecule has 2 fully saturated rings. The molecular formula is C12H16ClN. The van der Waals surface area contributed by atoms with Crippen molar-refractivity contribution in [2.45, 2.75) is 37.5 Å². The first-order valence-corrected chi connectivity index (χ1v) is 5.24. The minimum atomic E-state index is 0. The molecule has 3 rings (SSSR count). The Morgan fingerprint density at radius 1 is 0.929 bits per heavy atom. The molecule has 0 radical (unpaired) electrons. The summed E-state index contributed by atoms with van der Waals surface area (Å²) in [5.74, 6) is 1.58. The van der Waals surface area contributed by atoms with Crippen LogP contribution in [0.4, 0.5) is 5.69 Å². The van der Waals surface area contributed by atoms with Gasteiger partial charge in [0.2, 0.25) is 0 Å². The molecule has 0 unspecified atom stereocenters. The van der Waals surface area contributed by atoms with Gasteiger partial charge >= 0.3 is 0 Å². The lowest BCUT2D eigenvalue weighted by Gasteiger charge is -2.08. The third kappa shape index (κ3) is 1.61. The highest BCUT2D eigenvalue weighted by atomic mass is 35.5. The van der Waals surface area contributed by atoms with Gasteiger partial charge in [0.25, 0.3) is 0 Å². The van der Waals surface area contributed by atoms with Crippen LogP contribution in [0, 0.1) is 0 Å². The molecule has 2 saturated carbocycles. The maximum Gasteiger partial charge on any atom is 0.0384 e. The predicted octanol–water partition coefficient (Wildman–Crippen LogP) is 3.45. The van der Waals surface area contributed by atoms with Gasteiger partial charge in [0.15, 0.2) is 0 Å². The first-order chi connectivity index (χ1) is 6.36. The van der Waals surface area contributed by atoms with Gasteiger partial charge in [-0.2, -0.15) is 0 Å². The van der Waals surface area contributed by atoms with E-state index in [0.29, 0.717) is 0 Å². The Kier molecular flexibility index (Phi) is 2.44. The molecule has 0 aromatic heterocycles. The Bertz CT molecular complexity index is 310. The van der Waals surface area contributed by atoms with Gasteiger partial charge in [-0.25, -0.2) is 0 Å². The first kappa shape index (κ1) is 9.85. The number of para-hydroxylation sites is 1. The maximum absolute atomic E-state index is 6.17. The number of halogens is 1. The standard InChI is InChI=1S/C12H15N.ClH/c13-12-10(8-4-5-8)2-1-3-11(12)9-6-7-9;/h1-3,8-9H,4-7,13H2;1H. The van der Waals surface area contributed by atoms with E-state index in [2.05, 4.69) is 18.2 Å². The normalized spacial score (nSPS) is 20.3. The smallest absolute Gasteiger partial charge is 0.0384 e. The van der Waals surface area contributed by atoms with Gasteiger partial charge in [0.05, 0.1) is 0 Å². The maximum atomic E-state index is 6.17. The average Bonchev–Trinajstić information content (AvgIpc) is 3.00. The van der Waals surface area contributed by atoms with Crippen LogP contribution in [0.25, 0.3) is 0 Å². The molecule has 0 heterocycles. The van der Waals surface area contributed by atoms with E-state index in [1.165, 1.54) is 36.8 Å². The van der Waals surface area contributed by atoms with Gasteiger partial charge in [-0.05, 0) is 48.6 Å². The van der Waals surface area contributed by atoms with E-state index >= 15 is 0 Å². The fraction of sp³-hybridized carbons (Fsp3) is 0.500. The zero-order chi connectivity index (χ0) is 8.84. The monoisotopic (exact) mass is 209 g/mol. The third-order valence-corrected chi connectivity index (χ3v) is 3.21. The summed E-state index contributed by atoms with van der Waals surface area (Å²) in [6, 6.07) is 6.59. The summed E-state index contributed by atoms with van der Waals surface area (Å²) in [7, 11) is 0. The van der Waals surface area contributed by atoms with Crippen molar-refractivity contribution in [1.29, 1.82) is 0 Å². The van der Waals surface area contributed by atoms with Crippen molar-refractivity contribution >= 4 is 18.1 Å². The van der Waals surface area contributed by atoms with Gasteiger partial charge < -0.3 is 5.73 Å². The summed E-state index contributed by atoms with van der Waals surface area (Å²) in [6.45, 7) is 0. The lowest BCUT2D eigenvalue weighted by Crippen LogP contribution is -1.97. The molecule has 1 aromatic carbocycles. The number of hydrogen-bond donors (Lipinski definition) is 1. The highest BCUT2D eigenvalue weighted by Gasteiger charge is 2.30. The van der Waals surface area contributed by atoms with Crippen LogP contribution in [0.5, 0.6) is 0 Å². The van der Waals surface area contributed by atoms with Crippen LogP contribution in [0.3, 0.4) is 0 Å². The van der Waals surface area contributed by atoms with Crippen LogP contribution in [-0.2, 0) is 0 Å². The van der Waals surface area contributed by atoms with Gasteiger partial charge in [-0.1, -0.05) is 18.2 Å². The minimum absolute atomic E-state index is 0. The number of benzene rings is 1. The first-order valence-electron chi connectivity index (χ1n) is 5.24. The lowest BCUT2D eigenvalue weighted by atomic mass is 10.0. The highest BCUT2D eigenvalue weighted by molar-refractivity contribution is 5.85. The zero-order valence-electron chi connectivity index (χ0n) is 8.20. The molecule has 0 amide bonds. The highest BCUT2D eigenvalue weighted by Crippen LogP contribution is 2.48. The molecule has 1 nitrogen and oxygen atoms in total. The Hall–Kier alpha value is -0.690. The third-order valence-electron chi connectivity index (χ3n) is 3.21. The molecule has 14 heavy (non-hydrogen) atoms. The van der Waals surface area contributed by atoms with Gasteiger partial charge in [0, 0.05) is 5.69 Å². The molecule has 1 aromatic rings. The van der Waals surface area contributed by atoms with Crippen molar-refractivity contribution in [3.63, 3.8) is 0 Å². The second-order valence-corrected chi connectivity index (χ2v) is 4.40. The van der Waals surface area contributed by atoms with E-state index in [9.17, 15) is 0 Å². The average molecular weight is 210 g/mol. The van der Waals surface area contributed by atoms with Gasteiger partial charge in [0.1, 0.15) is 0 Å². The molecule has 76 valence electrons. The van der Waals surface area contributed by atoms with Crippen LogP contribution in [-0.4, -0.2) is 0 Å². The predicted molar refractivity (Wildman–Crippen MR) is 62.1 cm³/mol. The Balaban J connectivity index is 0.000000750. The number of nitrogens with two attached hydrogens (primary N) is 1. The van der Waals surface area contributed by atoms with Gasteiger partial charge in [-0.15, -0.1) is 12.4 Å². The Morgan fingerprint density at radius 3 is 1.71 bits per heavy atom. The second-order valence-electron chi connectivity index (χ2n) is 4.40. The fourth-order valence-corrected chi connectivity index (χ4v) is 2.10. The fourth-order valence-electron chi connectivity index (χ4n) is 2.10. The Labute approximate surface area is 91.1 Å². The largest absolute Gasteiger partial charge is 0.398 e. The van der Waals surface area contributed by atoms with E-state index in [-0.39, 0.29) is 12.4 Å². The summed E-state index contributed by atoms with van der Waals surface area (Å²) in [5.41, 5.74) is 10.1. The SMILES string of the molecule is Cl.Nc1c(C2CC2)cccc1C1CC1. The number of nitrogen functional groups attached to an aromatic ring is 1. The molecule has 0 atom stereocenters. The summed E-state index contributed by atoms with van der Waals surface area (Å²) in [5, 5.41) is 0. The van der Waals surface area contributed by atoms with Crippen LogP contribution in [0.1, 0.15) is 48.6 Å². The number of hydrogen-bond acceptors (Lipinski definition) is 1. The van der Waals surface area contributed by atoms with Crippen molar-refractivity contribution in [2.75, 3.05) is 5.73 Å². The van der Waals surface area contributed by atoms with Crippen molar-refractivity contribution < 1.29 is 0 Å². The van der Waals surface area contributed by atoms with Crippen molar-refractivity contribution in [2.24, 2.45) is 0 Å². The van der Waals surface area contributed by atoms with Gasteiger partial charge in [-0.3, -0.25) is 0 Å². The molecule has 0 saturated heterocycles. The summed E-state index contributed by atoms with van der Waals surface area (Å²) in [4.78, 5) is 0. The van der Waals surface area contributed by atoms with Crippen molar-refractivity contribution in [1.82, 2.24) is 0 Å². The molecule has 0 aliphatic heterocycles. The number of rotatable bonds is 2.